The molecule has 0 atom stereocenters. The molecular weight excluding hydrogens is 376 g/mol. The predicted molar refractivity (Wildman–Crippen MR) is 99.4 cm³/mol. The SMILES string of the molecule is CSc1ncc(Cl)c(C(=O)NNC(=O)c2cc3ccccc3cc2O)n1. The van der Waals surface area contributed by atoms with Gasteiger partial charge in [-0.15, -0.1) is 0 Å². The van der Waals surface area contributed by atoms with Crippen molar-refractivity contribution in [1.82, 2.24) is 20.8 Å². The Morgan fingerprint density at radius 2 is 1.77 bits per heavy atom. The van der Waals surface area contributed by atoms with Crippen molar-refractivity contribution in [3.63, 3.8) is 0 Å². The summed E-state index contributed by atoms with van der Waals surface area (Å²) >= 11 is 7.18. The zero-order chi connectivity index (χ0) is 18.7. The molecule has 2 aromatic carbocycles. The van der Waals surface area contributed by atoms with E-state index in [0.717, 1.165) is 10.8 Å². The number of amides is 2. The number of aromatic hydroxyl groups is 1. The number of hydrogen-bond acceptors (Lipinski definition) is 6. The number of fused-ring (bicyclic) bond motifs is 1. The second-order valence-corrected chi connectivity index (χ2v) is 6.36. The van der Waals surface area contributed by atoms with Crippen LogP contribution in [0, 0.1) is 0 Å². The Kier molecular flexibility index (Phi) is 5.24. The van der Waals surface area contributed by atoms with Gasteiger partial charge in [0.2, 0.25) is 0 Å². The van der Waals surface area contributed by atoms with E-state index in [1.165, 1.54) is 30.1 Å². The number of hydrazine groups is 1. The molecule has 2 amide bonds. The van der Waals surface area contributed by atoms with Gasteiger partial charge in [-0.25, -0.2) is 9.97 Å². The van der Waals surface area contributed by atoms with E-state index < -0.39 is 11.8 Å². The lowest BCUT2D eigenvalue weighted by atomic mass is 10.1. The Balaban J connectivity index is 1.77. The molecule has 7 nitrogen and oxygen atoms in total. The van der Waals surface area contributed by atoms with Crippen LogP contribution in [0.15, 0.2) is 47.8 Å². The molecule has 0 saturated carbocycles. The summed E-state index contributed by atoms with van der Waals surface area (Å²) in [6.07, 6.45) is 3.07. The molecule has 0 aliphatic carbocycles. The molecule has 3 rings (SSSR count). The predicted octanol–water partition coefficient (Wildman–Crippen LogP) is 2.79. The summed E-state index contributed by atoms with van der Waals surface area (Å²) in [5.74, 6) is -1.56. The second-order valence-electron chi connectivity index (χ2n) is 5.18. The van der Waals surface area contributed by atoms with E-state index >= 15 is 0 Å². The lowest BCUT2D eigenvalue weighted by Crippen LogP contribution is -2.42. The van der Waals surface area contributed by atoms with Gasteiger partial charge in [0.05, 0.1) is 16.8 Å². The van der Waals surface area contributed by atoms with Crippen LogP contribution in [-0.2, 0) is 0 Å². The van der Waals surface area contributed by atoms with Crippen LogP contribution in [0.5, 0.6) is 5.75 Å². The first-order chi connectivity index (χ1) is 12.5. The lowest BCUT2D eigenvalue weighted by molar-refractivity contribution is 0.0842. The van der Waals surface area contributed by atoms with E-state index in [2.05, 4.69) is 20.8 Å². The van der Waals surface area contributed by atoms with Crippen LogP contribution in [0.3, 0.4) is 0 Å². The van der Waals surface area contributed by atoms with Crippen molar-refractivity contribution in [1.29, 1.82) is 0 Å². The summed E-state index contributed by atoms with van der Waals surface area (Å²) in [5.41, 5.74) is 4.44. The highest BCUT2D eigenvalue weighted by atomic mass is 35.5. The Morgan fingerprint density at radius 3 is 2.46 bits per heavy atom. The van der Waals surface area contributed by atoms with Gasteiger partial charge in [0.25, 0.3) is 11.8 Å². The summed E-state index contributed by atoms with van der Waals surface area (Å²) < 4.78 is 0. The first-order valence-corrected chi connectivity index (χ1v) is 8.99. The van der Waals surface area contributed by atoms with E-state index in [4.69, 9.17) is 11.6 Å². The van der Waals surface area contributed by atoms with Crippen molar-refractivity contribution in [3.05, 3.63) is 58.9 Å². The Hall–Kier alpha value is -2.84. The van der Waals surface area contributed by atoms with Gasteiger partial charge in [-0.2, -0.15) is 0 Å². The maximum atomic E-state index is 12.3. The van der Waals surface area contributed by atoms with E-state index in [9.17, 15) is 14.7 Å². The number of benzene rings is 2. The molecule has 3 aromatic rings. The van der Waals surface area contributed by atoms with Gasteiger partial charge in [0.1, 0.15) is 5.75 Å². The van der Waals surface area contributed by atoms with Gasteiger partial charge >= 0.3 is 0 Å². The van der Waals surface area contributed by atoms with Crippen LogP contribution in [0.4, 0.5) is 0 Å². The molecule has 0 fully saturated rings. The number of halogens is 1. The van der Waals surface area contributed by atoms with Crippen molar-refractivity contribution in [2.24, 2.45) is 0 Å². The molecule has 0 spiro atoms. The highest BCUT2D eigenvalue weighted by molar-refractivity contribution is 7.98. The molecule has 1 aromatic heterocycles. The Bertz CT molecular complexity index is 1010. The third-order valence-corrected chi connectivity index (χ3v) is 4.36. The van der Waals surface area contributed by atoms with E-state index in [1.54, 1.807) is 6.26 Å². The number of hydrogen-bond donors (Lipinski definition) is 3. The monoisotopic (exact) mass is 388 g/mol. The van der Waals surface area contributed by atoms with Crippen molar-refractivity contribution in [2.45, 2.75) is 5.16 Å². The fourth-order valence-corrected chi connectivity index (χ4v) is 2.78. The zero-order valence-electron chi connectivity index (χ0n) is 13.5. The van der Waals surface area contributed by atoms with Gasteiger partial charge in [-0.05, 0) is 29.2 Å². The number of nitrogens with one attached hydrogen (secondary N) is 2. The van der Waals surface area contributed by atoms with E-state index in [1.807, 2.05) is 24.3 Å². The minimum absolute atomic E-state index is 0.0302. The molecule has 0 aliphatic heterocycles. The minimum atomic E-state index is -0.693. The second kappa shape index (κ2) is 7.59. The molecule has 0 radical (unpaired) electrons. The molecular formula is C17H13ClN4O3S. The molecule has 1 heterocycles. The third-order valence-electron chi connectivity index (χ3n) is 3.52. The maximum Gasteiger partial charge on any atom is 0.289 e. The number of phenols is 1. The zero-order valence-corrected chi connectivity index (χ0v) is 15.1. The highest BCUT2D eigenvalue weighted by Gasteiger charge is 2.17. The van der Waals surface area contributed by atoms with Crippen molar-refractivity contribution in [2.75, 3.05) is 6.26 Å². The average Bonchev–Trinajstić information content (AvgIpc) is 2.65. The highest BCUT2D eigenvalue weighted by Crippen LogP contribution is 2.24. The molecule has 0 aliphatic rings. The minimum Gasteiger partial charge on any atom is -0.507 e. The quantitative estimate of drug-likeness (QED) is 0.362. The van der Waals surface area contributed by atoms with Crippen LogP contribution >= 0.6 is 23.4 Å². The molecule has 132 valence electrons. The fourth-order valence-electron chi connectivity index (χ4n) is 2.26. The molecule has 0 unspecified atom stereocenters. The van der Waals surface area contributed by atoms with E-state index in [-0.39, 0.29) is 22.0 Å². The number of carbonyl (C=O) groups excluding carboxylic acids is 2. The van der Waals surface area contributed by atoms with Gasteiger partial charge in [0.15, 0.2) is 10.9 Å². The van der Waals surface area contributed by atoms with Crippen molar-refractivity contribution >= 4 is 45.9 Å². The topological polar surface area (TPSA) is 104 Å². The van der Waals surface area contributed by atoms with Crippen LogP contribution in [-0.4, -0.2) is 33.1 Å². The fraction of sp³-hybridized carbons (Fsp3) is 0.0588. The molecule has 3 N–H and O–H groups in total. The number of carbonyl (C=O) groups is 2. The first kappa shape index (κ1) is 18.0. The third kappa shape index (κ3) is 3.71. The van der Waals surface area contributed by atoms with Gasteiger partial charge in [-0.1, -0.05) is 47.6 Å². The first-order valence-electron chi connectivity index (χ1n) is 7.38. The number of phenolic OH excluding ortho intramolecular Hbond substituents is 1. The van der Waals surface area contributed by atoms with Gasteiger partial charge in [0, 0.05) is 0 Å². The largest absolute Gasteiger partial charge is 0.507 e. The number of thioether (sulfide) groups is 1. The number of rotatable bonds is 3. The summed E-state index contributed by atoms with van der Waals surface area (Å²) in [6.45, 7) is 0. The van der Waals surface area contributed by atoms with Crippen LogP contribution in [0.2, 0.25) is 5.02 Å². The van der Waals surface area contributed by atoms with Crippen LogP contribution in [0.1, 0.15) is 20.8 Å². The van der Waals surface area contributed by atoms with Crippen molar-refractivity contribution < 1.29 is 14.7 Å². The number of nitrogens with zero attached hydrogens (tertiary/aromatic N) is 2. The lowest BCUT2D eigenvalue weighted by Gasteiger charge is -2.10. The van der Waals surface area contributed by atoms with E-state index in [0.29, 0.717) is 5.16 Å². The maximum absolute atomic E-state index is 12.3. The summed E-state index contributed by atoms with van der Waals surface area (Å²) in [7, 11) is 0. The molecule has 0 saturated heterocycles. The smallest absolute Gasteiger partial charge is 0.289 e. The van der Waals surface area contributed by atoms with Crippen LogP contribution in [0.25, 0.3) is 10.8 Å². The standard InChI is InChI=1S/C17H13ClN4O3S/c1-26-17-19-8-12(18)14(20-17)16(25)22-21-15(24)11-6-9-4-2-3-5-10(9)7-13(11)23/h2-8,23H,1H3,(H,21,24)(H,22,25). The molecule has 0 bridgehead atoms. The summed E-state index contributed by atoms with van der Waals surface area (Å²) in [4.78, 5) is 32.4. The van der Waals surface area contributed by atoms with Crippen LogP contribution < -0.4 is 10.9 Å². The summed E-state index contributed by atoms with van der Waals surface area (Å²) in [5, 5.41) is 12.1. The van der Waals surface area contributed by atoms with Gasteiger partial charge in [-0.3, -0.25) is 20.4 Å². The number of aromatic nitrogens is 2. The summed E-state index contributed by atoms with van der Waals surface area (Å²) in [6, 6.07) is 10.3. The van der Waals surface area contributed by atoms with Crippen molar-refractivity contribution in [3.8, 4) is 5.75 Å². The normalized spacial score (nSPS) is 10.5. The average molecular weight is 389 g/mol. The Labute approximate surface area is 157 Å². The molecule has 26 heavy (non-hydrogen) atoms. The Morgan fingerprint density at radius 1 is 1.12 bits per heavy atom. The van der Waals surface area contributed by atoms with Gasteiger partial charge < -0.3 is 5.11 Å². The molecule has 9 heteroatoms.